The van der Waals surface area contributed by atoms with Crippen LogP contribution in [-0.4, -0.2) is 36.6 Å². The third-order valence-electron chi connectivity index (χ3n) is 2.62. The molecule has 0 aliphatic rings. The number of ether oxygens (including phenoxy) is 1. The van der Waals surface area contributed by atoms with Crippen molar-refractivity contribution in [3.8, 4) is 0 Å². The third kappa shape index (κ3) is 5.05. The molecule has 0 aliphatic carbocycles. The van der Waals surface area contributed by atoms with E-state index in [1.807, 2.05) is 25.1 Å². The van der Waals surface area contributed by atoms with Gasteiger partial charge in [0.2, 0.25) is 5.91 Å². The van der Waals surface area contributed by atoms with Gasteiger partial charge in [-0.3, -0.25) is 9.78 Å². The molecule has 0 aliphatic heterocycles. The molecular formula is C13H19N3O3. The van der Waals surface area contributed by atoms with Crippen molar-refractivity contribution >= 4 is 11.9 Å². The molecule has 0 spiro atoms. The van der Waals surface area contributed by atoms with E-state index < -0.39 is 12.0 Å². The minimum absolute atomic E-state index is 0.0258. The molecular weight excluding hydrogens is 246 g/mol. The first-order valence-electron chi connectivity index (χ1n) is 6.03. The fourth-order valence-corrected chi connectivity index (χ4v) is 1.61. The molecule has 6 nitrogen and oxygen atoms in total. The van der Waals surface area contributed by atoms with Crippen LogP contribution in [0.2, 0.25) is 0 Å². The predicted octanol–water partition coefficient (Wildman–Crippen LogP) is 0.410. The van der Waals surface area contributed by atoms with Gasteiger partial charge < -0.3 is 15.4 Å². The van der Waals surface area contributed by atoms with Gasteiger partial charge in [0.25, 0.3) is 0 Å². The molecule has 104 valence electrons. The summed E-state index contributed by atoms with van der Waals surface area (Å²) in [4.78, 5) is 26.8. The first-order valence-corrected chi connectivity index (χ1v) is 6.03. The predicted molar refractivity (Wildman–Crippen MR) is 70.3 cm³/mol. The van der Waals surface area contributed by atoms with Crippen LogP contribution in [0.1, 0.15) is 25.6 Å². The Morgan fingerprint density at radius 3 is 2.68 bits per heavy atom. The van der Waals surface area contributed by atoms with Crippen molar-refractivity contribution in [2.24, 2.45) is 0 Å². The highest BCUT2D eigenvalue weighted by atomic mass is 16.5. The Labute approximate surface area is 112 Å². The summed E-state index contributed by atoms with van der Waals surface area (Å²) in [5.74, 6) is -0.751. The molecule has 1 rings (SSSR count). The lowest BCUT2D eigenvalue weighted by Crippen LogP contribution is -2.47. The lowest BCUT2D eigenvalue weighted by atomic mass is 10.2. The zero-order chi connectivity index (χ0) is 14.3. The van der Waals surface area contributed by atoms with Gasteiger partial charge in [0.1, 0.15) is 6.04 Å². The Morgan fingerprint density at radius 1 is 1.42 bits per heavy atom. The van der Waals surface area contributed by atoms with E-state index in [1.54, 1.807) is 6.20 Å². The van der Waals surface area contributed by atoms with Crippen molar-refractivity contribution in [3.63, 3.8) is 0 Å². The fourth-order valence-electron chi connectivity index (χ4n) is 1.61. The van der Waals surface area contributed by atoms with Crippen LogP contribution in [-0.2, 0) is 14.3 Å². The quantitative estimate of drug-likeness (QED) is 0.728. The standard InChI is InChI=1S/C13H19N3O3/c1-9(11-6-4-5-7-14-11)15-8-12(13(18)19-3)16-10(2)17/h4-7,9,12,15H,8H2,1-3H3,(H,16,17). The van der Waals surface area contributed by atoms with Gasteiger partial charge in [-0.25, -0.2) is 4.79 Å². The molecule has 0 saturated heterocycles. The number of carbonyl (C=O) groups is 2. The average molecular weight is 265 g/mol. The maximum atomic E-state index is 11.5. The molecule has 2 unspecified atom stereocenters. The van der Waals surface area contributed by atoms with Crippen molar-refractivity contribution in [3.05, 3.63) is 30.1 Å². The number of nitrogens with one attached hydrogen (secondary N) is 2. The molecule has 2 N–H and O–H groups in total. The molecule has 2 atom stereocenters. The Balaban J connectivity index is 2.56. The summed E-state index contributed by atoms with van der Waals surface area (Å²) in [6.45, 7) is 3.58. The van der Waals surface area contributed by atoms with Crippen LogP contribution >= 0.6 is 0 Å². The van der Waals surface area contributed by atoms with E-state index in [4.69, 9.17) is 0 Å². The van der Waals surface area contributed by atoms with Crippen molar-refractivity contribution in [2.75, 3.05) is 13.7 Å². The molecule has 1 amide bonds. The molecule has 0 radical (unpaired) electrons. The largest absolute Gasteiger partial charge is 0.467 e. The maximum Gasteiger partial charge on any atom is 0.329 e. The van der Waals surface area contributed by atoms with Crippen LogP contribution in [0.3, 0.4) is 0 Å². The number of carbonyl (C=O) groups excluding carboxylic acids is 2. The van der Waals surface area contributed by atoms with E-state index >= 15 is 0 Å². The number of amides is 1. The number of rotatable bonds is 6. The monoisotopic (exact) mass is 265 g/mol. The summed E-state index contributed by atoms with van der Waals surface area (Å²) in [5, 5.41) is 5.68. The summed E-state index contributed by atoms with van der Waals surface area (Å²) in [6.07, 6.45) is 1.71. The smallest absolute Gasteiger partial charge is 0.329 e. The van der Waals surface area contributed by atoms with Crippen LogP contribution in [0, 0.1) is 0 Å². The van der Waals surface area contributed by atoms with E-state index in [0.29, 0.717) is 0 Å². The first kappa shape index (κ1) is 15.1. The molecule has 0 fully saturated rings. The van der Waals surface area contributed by atoms with Gasteiger partial charge in [-0.15, -0.1) is 0 Å². The Hall–Kier alpha value is -1.95. The highest BCUT2D eigenvalue weighted by Crippen LogP contribution is 2.07. The number of nitrogens with zero attached hydrogens (tertiary/aromatic N) is 1. The number of hydrogen-bond donors (Lipinski definition) is 2. The van der Waals surface area contributed by atoms with E-state index in [9.17, 15) is 9.59 Å². The molecule has 19 heavy (non-hydrogen) atoms. The second-order valence-electron chi connectivity index (χ2n) is 4.16. The highest BCUT2D eigenvalue weighted by molar-refractivity contribution is 5.83. The average Bonchev–Trinajstić information content (AvgIpc) is 2.42. The van der Waals surface area contributed by atoms with Crippen LogP contribution in [0.4, 0.5) is 0 Å². The lowest BCUT2D eigenvalue weighted by molar-refractivity contribution is -0.144. The number of pyridine rings is 1. The molecule has 1 aromatic heterocycles. The lowest BCUT2D eigenvalue weighted by Gasteiger charge is -2.19. The van der Waals surface area contributed by atoms with E-state index in [1.165, 1.54) is 14.0 Å². The van der Waals surface area contributed by atoms with E-state index in [2.05, 4.69) is 20.4 Å². The van der Waals surface area contributed by atoms with Crippen LogP contribution in [0.25, 0.3) is 0 Å². The number of esters is 1. The summed E-state index contributed by atoms with van der Waals surface area (Å²) >= 11 is 0. The minimum atomic E-state index is -0.700. The van der Waals surface area contributed by atoms with Gasteiger partial charge in [-0.2, -0.15) is 0 Å². The zero-order valence-electron chi connectivity index (χ0n) is 11.3. The summed E-state index contributed by atoms with van der Waals surface area (Å²) in [7, 11) is 1.29. The fraction of sp³-hybridized carbons (Fsp3) is 0.462. The van der Waals surface area contributed by atoms with Gasteiger partial charge in [0, 0.05) is 25.7 Å². The second-order valence-corrected chi connectivity index (χ2v) is 4.16. The number of aromatic nitrogens is 1. The Morgan fingerprint density at radius 2 is 2.16 bits per heavy atom. The van der Waals surface area contributed by atoms with Crippen LogP contribution in [0.15, 0.2) is 24.4 Å². The number of hydrogen-bond acceptors (Lipinski definition) is 5. The summed E-state index contributed by atoms with van der Waals surface area (Å²) < 4.78 is 4.64. The van der Waals surface area contributed by atoms with Gasteiger partial charge in [0.15, 0.2) is 0 Å². The normalized spacial score (nSPS) is 13.4. The topological polar surface area (TPSA) is 80.3 Å². The van der Waals surface area contributed by atoms with Crippen molar-refractivity contribution in [2.45, 2.75) is 25.9 Å². The third-order valence-corrected chi connectivity index (χ3v) is 2.62. The molecule has 6 heteroatoms. The molecule has 1 heterocycles. The minimum Gasteiger partial charge on any atom is -0.467 e. The van der Waals surface area contributed by atoms with Crippen molar-refractivity contribution < 1.29 is 14.3 Å². The van der Waals surface area contributed by atoms with Crippen LogP contribution < -0.4 is 10.6 Å². The van der Waals surface area contributed by atoms with Gasteiger partial charge in [-0.1, -0.05) is 6.07 Å². The summed E-state index contributed by atoms with van der Waals surface area (Å²) in [6, 6.07) is 4.90. The summed E-state index contributed by atoms with van der Waals surface area (Å²) in [5.41, 5.74) is 0.869. The molecule has 1 aromatic rings. The van der Waals surface area contributed by atoms with E-state index in [0.717, 1.165) is 5.69 Å². The Bertz CT molecular complexity index is 422. The van der Waals surface area contributed by atoms with Gasteiger partial charge in [0.05, 0.1) is 12.8 Å². The first-order chi connectivity index (χ1) is 9.04. The zero-order valence-corrected chi connectivity index (χ0v) is 11.3. The maximum absolute atomic E-state index is 11.5. The highest BCUT2D eigenvalue weighted by Gasteiger charge is 2.20. The molecule has 0 bridgehead atoms. The van der Waals surface area contributed by atoms with E-state index in [-0.39, 0.29) is 18.5 Å². The SMILES string of the molecule is COC(=O)C(CNC(C)c1ccccn1)NC(C)=O. The van der Waals surface area contributed by atoms with Gasteiger partial charge in [-0.05, 0) is 19.1 Å². The molecule has 0 aromatic carbocycles. The van der Waals surface area contributed by atoms with Gasteiger partial charge >= 0.3 is 5.97 Å². The second kappa shape index (κ2) is 7.48. The van der Waals surface area contributed by atoms with Crippen molar-refractivity contribution in [1.82, 2.24) is 15.6 Å². The Kier molecular flexibility index (Phi) is 5.95. The molecule has 0 saturated carbocycles. The van der Waals surface area contributed by atoms with Crippen LogP contribution in [0.5, 0.6) is 0 Å². The number of methoxy groups -OCH3 is 1. The van der Waals surface area contributed by atoms with Crippen molar-refractivity contribution in [1.29, 1.82) is 0 Å².